The van der Waals surface area contributed by atoms with Crippen molar-refractivity contribution in [3.63, 3.8) is 0 Å². The van der Waals surface area contributed by atoms with Gasteiger partial charge in [0.1, 0.15) is 0 Å². The van der Waals surface area contributed by atoms with Crippen LogP contribution in [0.15, 0.2) is 24.3 Å². The minimum atomic E-state index is 0.127. The zero-order valence-corrected chi connectivity index (χ0v) is 11.2. The summed E-state index contributed by atoms with van der Waals surface area (Å²) >= 11 is 0. The molecule has 0 atom stereocenters. The molecule has 0 unspecified atom stereocenters. The van der Waals surface area contributed by atoms with E-state index in [9.17, 15) is 4.79 Å². The van der Waals surface area contributed by atoms with Gasteiger partial charge >= 0.3 is 6.41 Å². The van der Waals surface area contributed by atoms with E-state index in [1.54, 1.807) is 0 Å². The van der Waals surface area contributed by atoms with Crippen LogP contribution in [0.1, 0.15) is 31.2 Å². The highest BCUT2D eigenvalue weighted by Gasteiger charge is 2.35. The Kier molecular flexibility index (Phi) is 3.90. The van der Waals surface area contributed by atoms with Crippen molar-refractivity contribution in [3.05, 3.63) is 29.8 Å². The summed E-state index contributed by atoms with van der Waals surface area (Å²) in [5.74, 6) is 0. The Morgan fingerprint density at radius 1 is 1.22 bits per heavy atom. The Balaban J connectivity index is 2.22. The lowest BCUT2D eigenvalue weighted by Gasteiger charge is -2.29. The number of amides is 1. The van der Waals surface area contributed by atoms with Crippen molar-refractivity contribution in [3.8, 4) is 0 Å². The predicted molar refractivity (Wildman–Crippen MR) is 74.6 cm³/mol. The van der Waals surface area contributed by atoms with E-state index < -0.39 is 0 Å². The number of carbonyl (C=O) groups excluding carboxylic acids is 1. The van der Waals surface area contributed by atoms with E-state index >= 15 is 0 Å². The van der Waals surface area contributed by atoms with Gasteiger partial charge in [-0.25, -0.2) is 0 Å². The molecular weight excluding hydrogens is 224 g/mol. The number of nitrogens with zero attached hydrogens (tertiary/aromatic N) is 1. The molecule has 0 saturated heterocycles. The third-order valence-electron chi connectivity index (χ3n) is 4.06. The molecule has 0 bridgehead atoms. The minimum absolute atomic E-state index is 0.127. The summed E-state index contributed by atoms with van der Waals surface area (Å²) in [5, 5.41) is 2.75. The van der Waals surface area contributed by atoms with Crippen molar-refractivity contribution in [1.82, 2.24) is 5.32 Å². The second kappa shape index (κ2) is 5.42. The molecule has 1 amide bonds. The van der Waals surface area contributed by atoms with Gasteiger partial charge in [-0.3, -0.25) is 4.79 Å². The largest absolute Gasteiger partial charge is 0.378 e. The number of hydrogen-bond donors (Lipinski definition) is 1. The fourth-order valence-corrected chi connectivity index (χ4v) is 2.94. The zero-order valence-electron chi connectivity index (χ0n) is 11.2. The van der Waals surface area contributed by atoms with Gasteiger partial charge in [-0.2, -0.15) is 0 Å². The molecule has 1 aromatic carbocycles. The van der Waals surface area contributed by atoms with Crippen LogP contribution < -0.4 is 10.2 Å². The molecule has 1 aromatic rings. The number of hydrogen-bond acceptors (Lipinski definition) is 2. The fourth-order valence-electron chi connectivity index (χ4n) is 2.94. The molecule has 3 heteroatoms. The number of rotatable bonds is 5. The summed E-state index contributed by atoms with van der Waals surface area (Å²) in [6, 6.07) is 8.71. The smallest absolute Gasteiger partial charge is 0.309 e. The minimum Gasteiger partial charge on any atom is -0.378 e. The molecule has 1 aliphatic rings. The standard InChI is InChI=1S/C15H21N2O/c1-17(2)14-7-5-13(6-8-14)15(11-16-12-18)9-3-4-10-15/h5-8H,3-4,9-11H2,1-2H3,(H,16,18). The molecule has 3 nitrogen and oxygen atoms in total. The molecule has 1 fully saturated rings. The topological polar surface area (TPSA) is 32.3 Å². The van der Waals surface area contributed by atoms with E-state index in [4.69, 9.17) is 0 Å². The summed E-state index contributed by atoms with van der Waals surface area (Å²) in [7, 11) is 4.09. The van der Waals surface area contributed by atoms with E-state index in [1.165, 1.54) is 24.1 Å². The van der Waals surface area contributed by atoms with Crippen LogP contribution in [0.2, 0.25) is 0 Å². The van der Waals surface area contributed by atoms with E-state index in [0.29, 0.717) is 6.54 Å². The molecule has 18 heavy (non-hydrogen) atoms. The Labute approximate surface area is 109 Å². The van der Waals surface area contributed by atoms with Crippen molar-refractivity contribution >= 4 is 12.1 Å². The predicted octanol–water partition coefficient (Wildman–Crippen LogP) is 2.22. The highest BCUT2D eigenvalue weighted by Crippen LogP contribution is 2.40. The van der Waals surface area contributed by atoms with Crippen molar-refractivity contribution < 1.29 is 4.79 Å². The van der Waals surface area contributed by atoms with Gasteiger partial charge < -0.3 is 10.2 Å². The van der Waals surface area contributed by atoms with Crippen molar-refractivity contribution in [2.45, 2.75) is 31.1 Å². The van der Waals surface area contributed by atoms with Crippen LogP contribution in [0.3, 0.4) is 0 Å². The number of anilines is 1. The van der Waals surface area contributed by atoms with Gasteiger partial charge in [0, 0.05) is 31.7 Å². The van der Waals surface area contributed by atoms with Crippen molar-refractivity contribution in [2.24, 2.45) is 0 Å². The van der Waals surface area contributed by atoms with Gasteiger partial charge in [0.15, 0.2) is 0 Å². The first-order valence-electron chi connectivity index (χ1n) is 6.56. The van der Waals surface area contributed by atoms with Crippen LogP contribution in [-0.4, -0.2) is 27.1 Å². The third kappa shape index (κ3) is 2.50. The Morgan fingerprint density at radius 2 is 1.83 bits per heavy atom. The molecule has 1 saturated carbocycles. The summed E-state index contributed by atoms with van der Waals surface area (Å²) in [5.41, 5.74) is 2.68. The third-order valence-corrected chi connectivity index (χ3v) is 4.06. The van der Waals surface area contributed by atoms with Crippen LogP contribution in [0.25, 0.3) is 0 Å². The van der Waals surface area contributed by atoms with Crippen LogP contribution in [0.5, 0.6) is 0 Å². The van der Waals surface area contributed by atoms with Gasteiger partial charge in [0.25, 0.3) is 0 Å². The molecule has 1 aliphatic carbocycles. The normalized spacial score (nSPS) is 17.4. The van der Waals surface area contributed by atoms with Crippen LogP contribution >= 0.6 is 0 Å². The van der Waals surface area contributed by atoms with Gasteiger partial charge in [0.05, 0.1) is 0 Å². The molecule has 0 spiro atoms. The maximum absolute atomic E-state index is 10.4. The first kappa shape index (κ1) is 12.9. The summed E-state index contributed by atoms with van der Waals surface area (Å²) < 4.78 is 0. The fraction of sp³-hybridized carbons (Fsp3) is 0.533. The zero-order chi connectivity index (χ0) is 13.0. The first-order chi connectivity index (χ1) is 8.68. The van der Waals surface area contributed by atoms with E-state index in [1.807, 2.05) is 20.5 Å². The van der Waals surface area contributed by atoms with Gasteiger partial charge in [0.2, 0.25) is 0 Å². The second-order valence-electron chi connectivity index (χ2n) is 5.38. The second-order valence-corrected chi connectivity index (χ2v) is 5.38. The van der Waals surface area contributed by atoms with Crippen molar-refractivity contribution in [2.75, 3.05) is 25.5 Å². The van der Waals surface area contributed by atoms with Crippen molar-refractivity contribution in [1.29, 1.82) is 0 Å². The lowest BCUT2D eigenvalue weighted by atomic mass is 9.79. The molecule has 1 N–H and O–H groups in total. The van der Waals surface area contributed by atoms with E-state index in [0.717, 1.165) is 12.8 Å². The molecule has 0 aromatic heterocycles. The lowest BCUT2D eigenvalue weighted by molar-refractivity contribution is 0.425. The van der Waals surface area contributed by atoms with Crippen LogP contribution in [0.4, 0.5) is 5.69 Å². The molecule has 2 rings (SSSR count). The highest BCUT2D eigenvalue weighted by atomic mass is 16.1. The molecule has 97 valence electrons. The van der Waals surface area contributed by atoms with Gasteiger partial charge in [-0.1, -0.05) is 25.0 Å². The quantitative estimate of drug-likeness (QED) is 0.807. The lowest BCUT2D eigenvalue weighted by Crippen LogP contribution is -2.35. The first-order valence-corrected chi connectivity index (χ1v) is 6.56. The number of benzene rings is 1. The maximum atomic E-state index is 10.4. The Hall–Kier alpha value is -1.51. The Bertz CT molecular complexity index is 391. The highest BCUT2D eigenvalue weighted by molar-refractivity contribution is 5.50. The summed E-state index contributed by atoms with van der Waals surface area (Å²) in [6.45, 7) is 0.706. The average molecular weight is 245 g/mol. The molecule has 1 radical (unpaired) electrons. The maximum Gasteiger partial charge on any atom is 0.309 e. The van der Waals surface area contributed by atoms with Crippen LogP contribution in [0, 0.1) is 0 Å². The average Bonchev–Trinajstić information content (AvgIpc) is 2.86. The van der Waals surface area contributed by atoms with Gasteiger partial charge in [-0.05, 0) is 30.5 Å². The SMILES string of the molecule is CN(C)c1ccc(C2(CN[C]=O)CCCC2)cc1. The molecular formula is C15H21N2O. The Morgan fingerprint density at radius 3 is 2.33 bits per heavy atom. The van der Waals surface area contributed by atoms with Crippen LogP contribution in [-0.2, 0) is 10.2 Å². The molecule has 0 heterocycles. The monoisotopic (exact) mass is 245 g/mol. The summed E-state index contributed by atoms with van der Waals surface area (Å²) in [4.78, 5) is 12.5. The van der Waals surface area contributed by atoms with E-state index in [-0.39, 0.29) is 5.41 Å². The molecule has 0 aliphatic heterocycles. The van der Waals surface area contributed by atoms with Gasteiger partial charge in [-0.15, -0.1) is 0 Å². The van der Waals surface area contributed by atoms with E-state index in [2.05, 4.69) is 34.5 Å². The summed E-state index contributed by atoms with van der Waals surface area (Å²) in [6.07, 6.45) is 6.61. The number of nitrogens with one attached hydrogen (secondary N) is 1.